The van der Waals surface area contributed by atoms with Crippen LogP contribution < -0.4 is 10.6 Å². The van der Waals surface area contributed by atoms with Crippen molar-refractivity contribution < 1.29 is 4.79 Å². The molecule has 1 saturated heterocycles. The Morgan fingerprint density at radius 1 is 1.42 bits per heavy atom. The van der Waals surface area contributed by atoms with Crippen LogP contribution >= 0.6 is 11.8 Å². The van der Waals surface area contributed by atoms with E-state index in [-0.39, 0.29) is 11.8 Å². The van der Waals surface area contributed by atoms with Crippen LogP contribution in [-0.4, -0.2) is 34.1 Å². The first kappa shape index (κ1) is 17.9. The number of aromatic nitrogens is 2. The van der Waals surface area contributed by atoms with Crippen molar-refractivity contribution in [2.24, 2.45) is 23.7 Å². The SMILES string of the molecule is CC(C)CSc1cccn2c(C(C)(C)NC(=O)[C@@H]3[C@@H]4CNC[C@@H]43)ncc12. The molecule has 1 aliphatic carbocycles. The Kier molecular flexibility index (Phi) is 4.51. The third-order valence-electron chi connectivity index (χ3n) is 5.49. The molecule has 0 aromatic carbocycles. The van der Waals surface area contributed by atoms with Crippen LogP contribution in [0, 0.1) is 23.7 Å². The molecule has 0 bridgehead atoms. The number of rotatable bonds is 6. The molecular formula is C20H28N4OS. The topological polar surface area (TPSA) is 58.4 Å². The third-order valence-corrected chi connectivity index (χ3v) is 6.98. The van der Waals surface area contributed by atoms with Gasteiger partial charge in [-0.25, -0.2) is 4.98 Å². The van der Waals surface area contributed by atoms with E-state index in [9.17, 15) is 4.79 Å². The lowest BCUT2D eigenvalue weighted by molar-refractivity contribution is -0.124. The Balaban J connectivity index is 1.55. The summed E-state index contributed by atoms with van der Waals surface area (Å²) in [6.07, 6.45) is 3.97. The second-order valence-electron chi connectivity index (χ2n) is 8.54. The first-order valence-electron chi connectivity index (χ1n) is 9.50. The van der Waals surface area contributed by atoms with Crippen molar-refractivity contribution in [1.82, 2.24) is 20.0 Å². The standard InChI is InChI=1S/C20H28N4OS/c1-12(2)11-26-16-6-5-7-24-15(16)10-22-19(24)20(3,4)23-18(25)17-13-8-21-9-14(13)17/h5-7,10,12-14,17,21H,8-9,11H2,1-4H3,(H,23,25)/t13-,14+,17-. The number of fused-ring (bicyclic) bond motifs is 2. The Morgan fingerprint density at radius 3 is 2.85 bits per heavy atom. The van der Waals surface area contributed by atoms with Crippen LogP contribution in [0.15, 0.2) is 29.4 Å². The van der Waals surface area contributed by atoms with E-state index in [1.807, 2.05) is 38.0 Å². The molecule has 0 unspecified atom stereocenters. The van der Waals surface area contributed by atoms with Gasteiger partial charge < -0.3 is 15.0 Å². The predicted molar refractivity (Wildman–Crippen MR) is 105 cm³/mol. The number of thioether (sulfide) groups is 1. The van der Waals surface area contributed by atoms with Crippen molar-refractivity contribution >= 4 is 23.2 Å². The Hall–Kier alpha value is -1.53. The lowest BCUT2D eigenvalue weighted by Gasteiger charge is -2.26. The second-order valence-corrected chi connectivity index (χ2v) is 9.60. The summed E-state index contributed by atoms with van der Waals surface area (Å²) in [4.78, 5) is 18.7. The van der Waals surface area contributed by atoms with Crippen LogP contribution in [0.4, 0.5) is 0 Å². The minimum atomic E-state index is -0.505. The molecule has 2 fully saturated rings. The van der Waals surface area contributed by atoms with Crippen LogP contribution in [0.2, 0.25) is 0 Å². The maximum atomic E-state index is 12.7. The summed E-state index contributed by atoms with van der Waals surface area (Å²) in [5.41, 5.74) is 0.609. The molecule has 2 aromatic heterocycles. The summed E-state index contributed by atoms with van der Waals surface area (Å²) in [5, 5.41) is 6.60. The maximum Gasteiger partial charge on any atom is 0.224 e. The Labute approximate surface area is 159 Å². The third kappa shape index (κ3) is 3.14. The molecular weight excluding hydrogens is 344 g/mol. The second kappa shape index (κ2) is 6.57. The van der Waals surface area contributed by atoms with Crippen molar-refractivity contribution in [3.05, 3.63) is 30.4 Å². The zero-order chi connectivity index (χ0) is 18.5. The molecule has 1 saturated carbocycles. The molecule has 5 nitrogen and oxygen atoms in total. The van der Waals surface area contributed by atoms with Gasteiger partial charge in [-0.15, -0.1) is 11.8 Å². The van der Waals surface area contributed by atoms with Crippen molar-refractivity contribution in [2.45, 2.75) is 38.1 Å². The van der Waals surface area contributed by atoms with Crippen molar-refractivity contribution in [2.75, 3.05) is 18.8 Å². The fourth-order valence-electron chi connectivity index (χ4n) is 4.09. The fourth-order valence-corrected chi connectivity index (χ4v) is 5.08. The lowest BCUT2D eigenvalue weighted by Crippen LogP contribution is -2.44. The quantitative estimate of drug-likeness (QED) is 0.766. The van der Waals surface area contributed by atoms with Crippen LogP contribution in [0.3, 0.4) is 0 Å². The first-order chi connectivity index (χ1) is 12.4. The van der Waals surface area contributed by atoms with Gasteiger partial charge in [0.2, 0.25) is 5.91 Å². The smallest absolute Gasteiger partial charge is 0.224 e. The van der Waals surface area contributed by atoms with Crippen LogP contribution in [-0.2, 0) is 10.3 Å². The molecule has 1 aliphatic heterocycles. The molecule has 3 atom stereocenters. The number of hydrogen-bond donors (Lipinski definition) is 2. The number of piperidine rings is 1. The van der Waals surface area contributed by atoms with Crippen LogP contribution in [0.5, 0.6) is 0 Å². The average molecular weight is 373 g/mol. The average Bonchev–Trinajstić information content (AvgIpc) is 2.95. The molecule has 26 heavy (non-hydrogen) atoms. The van der Waals surface area contributed by atoms with E-state index >= 15 is 0 Å². The molecule has 4 rings (SSSR count). The summed E-state index contributed by atoms with van der Waals surface area (Å²) in [5.74, 6) is 4.03. The van der Waals surface area contributed by atoms with Crippen LogP contribution in [0.25, 0.3) is 5.52 Å². The van der Waals surface area contributed by atoms with Crippen molar-refractivity contribution in [3.8, 4) is 0 Å². The minimum Gasteiger partial charge on any atom is -0.344 e. The summed E-state index contributed by atoms with van der Waals surface area (Å²) < 4.78 is 2.12. The van der Waals surface area contributed by atoms with Gasteiger partial charge in [-0.3, -0.25) is 4.79 Å². The molecule has 2 aromatic rings. The Bertz CT molecular complexity index is 818. The van der Waals surface area contributed by atoms with Crippen molar-refractivity contribution in [1.29, 1.82) is 0 Å². The van der Waals surface area contributed by atoms with Gasteiger partial charge in [0, 0.05) is 22.8 Å². The van der Waals surface area contributed by atoms with Crippen molar-refractivity contribution in [3.63, 3.8) is 0 Å². The zero-order valence-corrected chi connectivity index (χ0v) is 16.8. The van der Waals surface area contributed by atoms with Gasteiger partial charge >= 0.3 is 0 Å². The largest absolute Gasteiger partial charge is 0.344 e. The number of carbonyl (C=O) groups excluding carboxylic acids is 1. The zero-order valence-electron chi connectivity index (χ0n) is 16.0. The number of nitrogens with one attached hydrogen (secondary N) is 2. The number of nitrogens with zero attached hydrogens (tertiary/aromatic N) is 2. The van der Waals surface area contributed by atoms with Gasteiger partial charge in [0.05, 0.1) is 17.3 Å². The number of carbonyl (C=O) groups is 1. The normalized spacial score (nSPS) is 24.9. The summed E-state index contributed by atoms with van der Waals surface area (Å²) >= 11 is 1.87. The first-order valence-corrected chi connectivity index (χ1v) is 10.5. The highest BCUT2D eigenvalue weighted by atomic mass is 32.2. The lowest BCUT2D eigenvalue weighted by atomic mass is 10.0. The van der Waals surface area contributed by atoms with E-state index in [4.69, 9.17) is 0 Å². The highest BCUT2D eigenvalue weighted by Crippen LogP contribution is 2.49. The molecule has 0 spiro atoms. The van der Waals surface area contributed by atoms with E-state index in [0.717, 1.165) is 30.2 Å². The van der Waals surface area contributed by atoms with E-state index in [1.165, 1.54) is 4.90 Å². The summed E-state index contributed by atoms with van der Waals surface area (Å²) in [7, 11) is 0. The highest BCUT2D eigenvalue weighted by molar-refractivity contribution is 7.99. The number of amides is 1. The van der Waals surface area contributed by atoms with Crippen LogP contribution in [0.1, 0.15) is 33.5 Å². The molecule has 2 aliphatic rings. The van der Waals surface area contributed by atoms with Gasteiger partial charge in [-0.1, -0.05) is 13.8 Å². The van der Waals surface area contributed by atoms with Gasteiger partial charge in [0.25, 0.3) is 0 Å². The van der Waals surface area contributed by atoms with E-state index in [1.54, 1.807) is 0 Å². The van der Waals surface area contributed by atoms with E-state index < -0.39 is 5.54 Å². The molecule has 3 heterocycles. The molecule has 140 valence electrons. The predicted octanol–water partition coefficient (Wildman–Crippen LogP) is 2.90. The van der Waals surface area contributed by atoms with Gasteiger partial charge in [-0.2, -0.15) is 0 Å². The molecule has 0 radical (unpaired) electrons. The van der Waals surface area contributed by atoms with E-state index in [0.29, 0.717) is 17.8 Å². The number of imidazole rings is 1. The van der Waals surface area contributed by atoms with E-state index in [2.05, 4.69) is 46.0 Å². The highest BCUT2D eigenvalue weighted by Gasteiger charge is 2.57. The molecule has 6 heteroatoms. The summed E-state index contributed by atoms with van der Waals surface area (Å²) in [6, 6.07) is 4.22. The minimum absolute atomic E-state index is 0.175. The fraction of sp³-hybridized carbons (Fsp3) is 0.600. The number of pyridine rings is 1. The molecule has 1 amide bonds. The number of hydrogen-bond acceptors (Lipinski definition) is 4. The maximum absolute atomic E-state index is 12.7. The van der Waals surface area contributed by atoms with Gasteiger partial charge in [0.15, 0.2) is 0 Å². The van der Waals surface area contributed by atoms with Gasteiger partial charge in [-0.05, 0) is 56.8 Å². The monoisotopic (exact) mass is 372 g/mol. The van der Waals surface area contributed by atoms with Gasteiger partial charge in [0.1, 0.15) is 5.82 Å². The molecule has 2 N–H and O–H groups in total. The Morgan fingerprint density at radius 2 is 2.15 bits per heavy atom. The summed E-state index contributed by atoms with van der Waals surface area (Å²) in [6.45, 7) is 10.5.